The highest BCUT2D eigenvalue weighted by molar-refractivity contribution is 7.99. The molecule has 1 aromatic carbocycles. The molecule has 1 aromatic rings. The summed E-state index contributed by atoms with van der Waals surface area (Å²) < 4.78 is 0. The molecule has 2 N–H and O–H groups in total. The number of benzene rings is 1. The van der Waals surface area contributed by atoms with E-state index in [0.717, 1.165) is 25.0 Å². The summed E-state index contributed by atoms with van der Waals surface area (Å²) in [6, 6.07) is 9.85. The monoisotopic (exact) mass is 276 g/mol. The Labute approximate surface area is 116 Å². The Morgan fingerprint density at radius 3 is 2.74 bits per heavy atom. The van der Waals surface area contributed by atoms with E-state index in [-0.39, 0.29) is 17.2 Å². The molecule has 3 amide bonds. The first-order valence-corrected chi connectivity index (χ1v) is 7.55. The SMILES string of the molecule is O=C1NC(=O)C2(CCCC2SCc2ccccc2)N1. The van der Waals surface area contributed by atoms with Crippen molar-refractivity contribution in [3.05, 3.63) is 35.9 Å². The molecule has 0 bridgehead atoms. The molecule has 3 rings (SSSR count). The first-order valence-electron chi connectivity index (χ1n) is 6.50. The predicted octanol–water partition coefficient (Wildman–Crippen LogP) is 2.05. The van der Waals surface area contributed by atoms with Crippen LogP contribution in [-0.4, -0.2) is 22.7 Å². The van der Waals surface area contributed by atoms with Gasteiger partial charge in [0.2, 0.25) is 0 Å². The normalized spacial score (nSPS) is 29.6. The lowest BCUT2D eigenvalue weighted by Crippen LogP contribution is -2.51. The number of carbonyl (C=O) groups is 2. The van der Waals surface area contributed by atoms with Gasteiger partial charge in [0, 0.05) is 11.0 Å². The van der Waals surface area contributed by atoms with Gasteiger partial charge in [-0.3, -0.25) is 10.1 Å². The molecule has 2 fully saturated rings. The molecule has 19 heavy (non-hydrogen) atoms. The topological polar surface area (TPSA) is 58.2 Å². The minimum atomic E-state index is -0.670. The van der Waals surface area contributed by atoms with Gasteiger partial charge in [0.15, 0.2) is 0 Å². The molecule has 2 aliphatic rings. The van der Waals surface area contributed by atoms with Crippen molar-refractivity contribution in [2.24, 2.45) is 0 Å². The summed E-state index contributed by atoms with van der Waals surface area (Å²) >= 11 is 1.76. The van der Waals surface area contributed by atoms with Crippen molar-refractivity contribution in [2.75, 3.05) is 0 Å². The molecule has 2 unspecified atom stereocenters. The Bertz CT molecular complexity index is 505. The van der Waals surface area contributed by atoms with E-state index in [1.54, 1.807) is 11.8 Å². The van der Waals surface area contributed by atoms with Gasteiger partial charge < -0.3 is 5.32 Å². The third-order valence-corrected chi connectivity index (χ3v) is 5.39. The Balaban J connectivity index is 1.71. The average molecular weight is 276 g/mol. The van der Waals surface area contributed by atoms with E-state index in [9.17, 15) is 9.59 Å². The van der Waals surface area contributed by atoms with Crippen LogP contribution in [0.2, 0.25) is 0 Å². The van der Waals surface area contributed by atoms with Crippen LogP contribution in [0.4, 0.5) is 4.79 Å². The molecule has 0 aromatic heterocycles. The number of carbonyl (C=O) groups excluding carboxylic acids is 2. The predicted molar refractivity (Wildman–Crippen MR) is 74.8 cm³/mol. The van der Waals surface area contributed by atoms with Crippen LogP contribution >= 0.6 is 11.8 Å². The molecule has 1 aliphatic heterocycles. The third-order valence-electron chi connectivity index (χ3n) is 3.85. The standard InChI is InChI=1S/C14H16N2O2S/c17-12-14(16-13(18)15-12)8-4-7-11(14)19-9-10-5-2-1-3-6-10/h1-3,5-6,11H,4,7-9H2,(H2,15,16,17,18). The molecule has 100 valence electrons. The molecular formula is C14H16N2O2S. The Hall–Kier alpha value is -1.49. The van der Waals surface area contributed by atoms with Crippen molar-refractivity contribution in [1.82, 2.24) is 10.6 Å². The van der Waals surface area contributed by atoms with E-state index in [1.807, 2.05) is 18.2 Å². The van der Waals surface area contributed by atoms with E-state index in [2.05, 4.69) is 22.8 Å². The number of hydrogen-bond donors (Lipinski definition) is 2. The summed E-state index contributed by atoms with van der Waals surface area (Å²) in [6.45, 7) is 0. The van der Waals surface area contributed by atoms with Gasteiger partial charge in [-0.1, -0.05) is 30.3 Å². The van der Waals surface area contributed by atoms with Gasteiger partial charge in [-0.25, -0.2) is 4.79 Å². The summed E-state index contributed by atoms with van der Waals surface area (Å²) in [5.41, 5.74) is 0.579. The lowest BCUT2D eigenvalue weighted by atomic mass is 9.98. The molecule has 0 radical (unpaired) electrons. The van der Waals surface area contributed by atoms with Crippen LogP contribution in [0.25, 0.3) is 0 Å². The summed E-state index contributed by atoms with van der Waals surface area (Å²) in [4.78, 5) is 23.4. The zero-order chi connectivity index (χ0) is 13.3. The summed E-state index contributed by atoms with van der Waals surface area (Å²) in [5, 5.41) is 5.39. The molecule has 1 saturated heterocycles. The highest BCUT2D eigenvalue weighted by atomic mass is 32.2. The lowest BCUT2D eigenvalue weighted by molar-refractivity contribution is -0.123. The van der Waals surface area contributed by atoms with Crippen molar-refractivity contribution in [1.29, 1.82) is 0 Å². The number of amides is 3. The fraction of sp³-hybridized carbons (Fsp3) is 0.429. The maximum Gasteiger partial charge on any atom is 0.322 e. The van der Waals surface area contributed by atoms with Gasteiger partial charge in [0.1, 0.15) is 5.54 Å². The van der Waals surface area contributed by atoms with Crippen molar-refractivity contribution in [3.63, 3.8) is 0 Å². The number of nitrogens with one attached hydrogen (secondary N) is 2. The van der Waals surface area contributed by atoms with Gasteiger partial charge in [0.25, 0.3) is 5.91 Å². The number of rotatable bonds is 3. The van der Waals surface area contributed by atoms with Crippen LogP contribution in [-0.2, 0) is 10.5 Å². The quantitative estimate of drug-likeness (QED) is 0.831. The number of thioether (sulfide) groups is 1. The van der Waals surface area contributed by atoms with E-state index in [4.69, 9.17) is 0 Å². The zero-order valence-corrected chi connectivity index (χ0v) is 11.3. The van der Waals surface area contributed by atoms with Crippen molar-refractivity contribution in [2.45, 2.75) is 35.8 Å². The van der Waals surface area contributed by atoms with Crippen LogP contribution in [0.3, 0.4) is 0 Å². The Kier molecular flexibility index (Phi) is 3.22. The van der Waals surface area contributed by atoms with E-state index in [1.165, 1.54) is 5.56 Å². The van der Waals surface area contributed by atoms with Crippen molar-refractivity contribution >= 4 is 23.7 Å². The second kappa shape index (κ2) is 4.89. The molecule has 5 heteroatoms. The molecule has 2 atom stereocenters. The summed E-state index contributed by atoms with van der Waals surface area (Å²) in [5.74, 6) is 0.719. The fourth-order valence-electron chi connectivity index (χ4n) is 2.88. The number of hydrogen-bond acceptors (Lipinski definition) is 3. The van der Waals surface area contributed by atoms with Crippen LogP contribution in [0, 0.1) is 0 Å². The minimum absolute atomic E-state index is 0.152. The average Bonchev–Trinajstić information content (AvgIpc) is 2.93. The van der Waals surface area contributed by atoms with Crippen LogP contribution < -0.4 is 10.6 Å². The van der Waals surface area contributed by atoms with E-state index >= 15 is 0 Å². The Morgan fingerprint density at radius 1 is 1.26 bits per heavy atom. The van der Waals surface area contributed by atoms with Gasteiger partial charge >= 0.3 is 6.03 Å². The molecule has 4 nitrogen and oxygen atoms in total. The lowest BCUT2D eigenvalue weighted by Gasteiger charge is -2.27. The summed E-state index contributed by atoms with van der Waals surface area (Å²) in [7, 11) is 0. The molecule has 1 spiro atoms. The second-order valence-corrected chi connectivity index (χ2v) is 6.25. The van der Waals surface area contributed by atoms with E-state index < -0.39 is 5.54 Å². The largest absolute Gasteiger partial charge is 0.322 e. The van der Waals surface area contributed by atoms with Crippen LogP contribution in [0.5, 0.6) is 0 Å². The highest BCUT2D eigenvalue weighted by Gasteiger charge is 2.54. The smallest absolute Gasteiger partial charge is 0.322 e. The Morgan fingerprint density at radius 2 is 2.05 bits per heavy atom. The fourth-order valence-corrected chi connectivity index (χ4v) is 4.37. The van der Waals surface area contributed by atoms with Crippen molar-refractivity contribution < 1.29 is 9.59 Å². The second-order valence-electron chi connectivity index (χ2n) is 5.06. The first-order chi connectivity index (χ1) is 9.21. The first kappa shape index (κ1) is 12.5. The van der Waals surface area contributed by atoms with Gasteiger partial charge in [-0.15, -0.1) is 0 Å². The van der Waals surface area contributed by atoms with Gasteiger partial charge in [0.05, 0.1) is 0 Å². The van der Waals surface area contributed by atoms with Crippen LogP contribution in [0.15, 0.2) is 30.3 Å². The number of urea groups is 1. The maximum atomic E-state index is 12.0. The maximum absolute atomic E-state index is 12.0. The van der Waals surface area contributed by atoms with Gasteiger partial charge in [-0.2, -0.15) is 11.8 Å². The molecule has 1 heterocycles. The third kappa shape index (κ3) is 2.23. The number of imide groups is 1. The van der Waals surface area contributed by atoms with E-state index in [0.29, 0.717) is 0 Å². The highest BCUT2D eigenvalue weighted by Crippen LogP contribution is 2.41. The molecule has 1 aliphatic carbocycles. The molecule has 1 saturated carbocycles. The summed E-state index contributed by atoms with van der Waals surface area (Å²) in [6.07, 6.45) is 2.71. The van der Waals surface area contributed by atoms with Gasteiger partial charge in [-0.05, 0) is 24.8 Å². The van der Waals surface area contributed by atoms with Crippen molar-refractivity contribution in [3.8, 4) is 0 Å². The molecular weight excluding hydrogens is 260 g/mol. The zero-order valence-electron chi connectivity index (χ0n) is 10.5. The van der Waals surface area contributed by atoms with Crippen LogP contribution in [0.1, 0.15) is 24.8 Å². The minimum Gasteiger partial charge on any atom is -0.322 e.